The molecular weight excluding hydrogens is 352 g/mol. The topological polar surface area (TPSA) is 113 Å². The van der Waals surface area contributed by atoms with Crippen LogP contribution in [0.4, 0.5) is 0 Å². The SMILES string of the molecule is C=C1C(=O)O[C@H]2/C=C(\CO)CC/C=C(\CO)C[C@H](OC(=O)/C(C)=C\CO)[C@@H]12. The van der Waals surface area contributed by atoms with E-state index in [9.17, 15) is 19.8 Å². The monoisotopic (exact) mass is 378 g/mol. The summed E-state index contributed by atoms with van der Waals surface area (Å²) in [7, 11) is 0. The summed E-state index contributed by atoms with van der Waals surface area (Å²) in [6, 6.07) is 0. The third-order valence-electron chi connectivity index (χ3n) is 4.81. The number of hydrogen-bond donors (Lipinski definition) is 3. The number of rotatable bonds is 5. The second kappa shape index (κ2) is 9.64. The van der Waals surface area contributed by atoms with Gasteiger partial charge in [-0.25, -0.2) is 9.59 Å². The second-order valence-corrected chi connectivity index (χ2v) is 6.68. The average Bonchev–Trinajstić information content (AvgIpc) is 2.92. The molecule has 1 fully saturated rings. The predicted molar refractivity (Wildman–Crippen MR) is 97.4 cm³/mol. The highest BCUT2D eigenvalue weighted by Gasteiger charge is 2.44. The minimum absolute atomic E-state index is 0.182. The molecule has 7 heteroatoms. The standard InChI is InChI=1S/C20H26O7/c1-12(6-7-21)19(24)26-16-8-14(10-22)4-3-5-15(11-23)9-17-18(16)13(2)20(25)27-17/h4,6,9,16-18,21-23H,2-3,5,7-8,10-11H2,1H3/b12-6-,14-4-,15-9-/t16-,17-,18+/m0/s1. The zero-order valence-electron chi connectivity index (χ0n) is 15.4. The molecule has 0 spiro atoms. The molecule has 3 atom stereocenters. The summed E-state index contributed by atoms with van der Waals surface area (Å²) in [5, 5.41) is 28.2. The molecule has 2 rings (SSSR count). The number of esters is 2. The van der Waals surface area contributed by atoms with Crippen LogP contribution in [0.15, 0.2) is 47.1 Å². The van der Waals surface area contributed by atoms with Gasteiger partial charge in [-0.1, -0.05) is 12.7 Å². The zero-order valence-corrected chi connectivity index (χ0v) is 15.4. The van der Waals surface area contributed by atoms with Crippen LogP contribution in [0.1, 0.15) is 26.2 Å². The lowest BCUT2D eigenvalue weighted by atomic mass is 9.85. The normalized spacial score (nSPS) is 30.5. The van der Waals surface area contributed by atoms with E-state index >= 15 is 0 Å². The van der Waals surface area contributed by atoms with Crippen LogP contribution in [0, 0.1) is 5.92 Å². The molecule has 0 radical (unpaired) electrons. The molecule has 0 aromatic heterocycles. The van der Waals surface area contributed by atoms with Gasteiger partial charge in [0.15, 0.2) is 0 Å². The molecule has 0 aromatic carbocycles. The van der Waals surface area contributed by atoms with Crippen molar-refractivity contribution in [2.45, 2.75) is 38.4 Å². The number of hydrogen-bond acceptors (Lipinski definition) is 7. The molecule has 1 aliphatic carbocycles. The van der Waals surface area contributed by atoms with Gasteiger partial charge in [-0.05, 0) is 43.1 Å². The summed E-state index contributed by atoms with van der Waals surface area (Å²) in [6.07, 6.45) is 4.78. The highest BCUT2D eigenvalue weighted by Crippen LogP contribution is 2.36. The molecule has 7 nitrogen and oxygen atoms in total. The molecule has 3 N–H and O–H groups in total. The molecule has 0 amide bonds. The lowest BCUT2D eigenvalue weighted by molar-refractivity contribution is -0.147. The van der Waals surface area contributed by atoms with Gasteiger partial charge in [0, 0.05) is 17.6 Å². The molecular formula is C20H26O7. The van der Waals surface area contributed by atoms with Gasteiger partial charge < -0.3 is 24.8 Å². The van der Waals surface area contributed by atoms with Crippen molar-refractivity contribution in [3.8, 4) is 0 Å². The second-order valence-electron chi connectivity index (χ2n) is 6.68. The van der Waals surface area contributed by atoms with E-state index in [-0.39, 0.29) is 37.4 Å². The van der Waals surface area contributed by atoms with Gasteiger partial charge in [0.25, 0.3) is 0 Å². The van der Waals surface area contributed by atoms with Gasteiger partial charge in [0.1, 0.15) is 12.2 Å². The fourth-order valence-corrected chi connectivity index (χ4v) is 3.25. The van der Waals surface area contributed by atoms with Crippen molar-refractivity contribution in [1.82, 2.24) is 0 Å². The Morgan fingerprint density at radius 2 is 2.04 bits per heavy atom. The van der Waals surface area contributed by atoms with E-state index in [0.717, 1.165) is 0 Å². The Kier molecular flexibility index (Phi) is 7.53. The van der Waals surface area contributed by atoms with Crippen molar-refractivity contribution in [3.63, 3.8) is 0 Å². The first kappa shape index (κ1) is 21.1. The van der Waals surface area contributed by atoms with E-state index < -0.39 is 30.1 Å². The maximum atomic E-state index is 12.4. The first-order valence-corrected chi connectivity index (χ1v) is 8.88. The third kappa shape index (κ3) is 5.15. The highest BCUT2D eigenvalue weighted by molar-refractivity contribution is 5.92. The van der Waals surface area contributed by atoms with Crippen LogP contribution in [0.5, 0.6) is 0 Å². The molecule has 1 saturated heterocycles. The van der Waals surface area contributed by atoms with E-state index in [4.69, 9.17) is 14.6 Å². The Balaban J connectivity index is 2.41. The summed E-state index contributed by atoms with van der Waals surface area (Å²) in [4.78, 5) is 24.4. The molecule has 1 aliphatic heterocycles. The predicted octanol–water partition coefficient (Wildman–Crippen LogP) is 0.956. The number of aliphatic hydroxyl groups is 3. The zero-order chi connectivity index (χ0) is 20.0. The Morgan fingerprint density at radius 3 is 2.67 bits per heavy atom. The minimum Gasteiger partial charge on any atom is -0.458 e. The molecule has 0 aromatic rings. The lowest BCUT2D eigenvalue weighted by Crippen LogP contribution is -2.34. The van der Waals surface area contributed by atoms with Crippen molar-refractivity contribution < 1.29 is 34.4 Å². The molecule has 2 aliphatic rings. The molecule has 1 heterocycles. The molecule has 0 bridgehead atoms. The molecule has 0 saturated carbocycles. The van der Waals surface area contributed by atoms with Crippen LogP contribution in [-0.2, 0) is 19.1 Å². The largest absolute Gasteiger partial charge is 0.458 e. The van der Waals surface area contributed by atoms with Gasteiger partial charge in [-0.15, -0.1) is 0 Å². The Bertz CT molecular complexity index is 686. The third-order valence-corrected chi connectivity index (χ3v) is 4.81. The molecule has 27 heavy (non-hydrogen) atoms. The summed E-state index contributed by atoms with van der Waals surface area (Å²) in [5.41, 5.74) is 1.79. The Hall–Kier alpha value is -2.22. The van der Waals surface area contributed by atoms with Crippen LogP contribution in [-0.4, -0.2) is 59.3 Å². The van der Waals surface area contributed by atoms with Gasteiger partial charge in [-0.2, -0.15) is 0 Å². The smallest absolute Gasteiger partial charge is 0.334 e. The van der Waals surface area contributed by atoms with E-state index in [1.54, 1.807) is 6.08 Å². The number of ether oxygens (including phenoxy) is 2. The molecule has 148 valence electrons. The number of aliphatic hydroxyl groups excluding tert-OH is 3. The van der Waals surface area contributed by atoms with Crippen molar-refractivity contribution in [2.75, 3.05) is 19.8 Å². The number of carbonyl (C=O) groups is 2. The van der Waals surface area contributed by atoms with Crippen LogP contribution in [0.2, 0.25) is 0 Å². The Morgan fingerprint density at radius 1 is 1.33 bits per heavy atom. The number of carbonyl (C=O) groups excluding carboxylic acids is 2. The van der Waals surface area contributed by atoms with Gasteiger partial charge in [0.2, 0.25) is 0 Å². The van der Waals surface area contributed by atoms with E-state index in [2.05, 4.69) is 6.58 Å². The van der Waals surface area contributed by atoms with E-state index in [0.29, 0.717) is 24.0 Å². The number of allylic oxidation sites excluding steroid dienone is 1. The van der Waals surface area contributed by atoms with Gasteiger partial charge in [-0.3, -0.25) is 0 Å². The Labute approximate surface area is 158 Å². The summed E-state index contributed by atoms with van der Waals surface area (Å²) in [5.74, 6) is -1.82. The quantitative estimate of drug-likeness (QED) is 0.371. The van der Waals surface area contributed by atoms with E-state index in [1.807, 2.05) is 6.08 Å². The average molecular weight is 378 g/mol. The van der Waals surface area contributed by atoms with Crippen molar-refractivity contribution in [1.29, 1.82) is 0 Å². The van der Waals surface area contributed by atoms with Crippen LogP contribution < -0.4 is 0 Å². The van der Waals surface area contributed by atoms with Gasteiger partial charge in [0.05, 0.1) is 25.7 Å². The van der Waals surface area contributed by atoms with Gasteiger partial charge >= 0.3 is 11.9 Å². The maximum Gasteiger partial charge on any atom is 0.334 e. The summed E-state index contributed by atoms with van der Waals surface area (Å²) in [6.45, 7) is 4.62. The van der Waals surface area contributed by atoms with Crippen LogP contribution in [0.3, 0.4) is 0 Å². The fourth-order valence-electron chi connectivity index (χ4n) is 3.25. The first-order chi connectivity index (χ1) is 12.9. The summed E-state index contributed by atoms with van der Waals surface area (Å²) < 4.78 is 11.0. The van der Waals surface area contributed by atoms with Crippen LogP contribution >= 0.6 is 0 Å². The van der Waals surface area contributed by atoms with Crippen molar-refractivity contribution in [2.24, 2.45) is 5.92 Å². The first-order valence-electron chi connectivity index (χ1n) is 8.88. The lowest BCUT2D eigenvalue weighted by Gasteiger charge is -2.28. The van der Waals surface area contributed by atoms with Crippen LogP contribution in [0.25, 0.3) is 0 Å². The van der Waals surface area contributed by atoms with Crippen molar-refractivity contribution >= 4 is 11.9 Å². The maximum absolute atomic E-state index is 12.4. The fraction of sp³-hybridized carbons (Fsp3) is 0.500. The summed E-state index contributed by atoms with van der Waals surface area (Å²) >= 11 is 0. The van der Waals surface area contributed by atoms with E-state index in [1.165, 1.54) is 13.0 Å². The minimum atomic E-state index is -0.781. The number of fused-ring (bicyclic) bond motifs is 1. The highest BCUT2D eigenvalue weighted by atomic mass is 16.6. The van der Waals surface area contributed by atoms with Crippen molar-refractivity contribution in [3.05, 3.63) is 47.1 Å². The molecule has 0 unspecified atom stereocenters.